The van der Waals surface area contributed by atoms with Crippen LogP contribution in [0.1, 0.15) is 28.7 Å². The molecule has 1 aromatic heterocycles. The van der Waals surface area contributed by atoms with Crippen LogP contribution in [0.2, 0.25) is 0 Å². The fraction of sp³-hybridized carbons (Fsp3) is 0.308. The highest BCUT2D eigenvalue weighted by molar-refractivity contribution is 5.91. The molecule has 6 nitrogen and oxygen atoms in total. The molecule has 1 heterocycles. The van der Waals surface area contributed by atoms with Gasteiger partial charge < -0.3 is 9.84 Å². The summed E-state index contributed by atoms with van der Waals surface area (Å²) >= 11 is 0. The molecule has 0 saturated heterocycles. The highest BCUT2D eigenvalue weighted by atomic mass is 16.5. The number of aryl methyl sites for hydroxylation is 2. The van der Waals surface area contributed by atoms with E-state index >= 15 is 0 Å². The predicted octanol–water partition coefficient (Wildman–Crippen LogP) is 1.88. The van der Waals surface area contributed by atoms with Gasteiger partial charge in [-0.2, -0.15) is 5.10 Å². The van der Waals surface area contributed by atoms with Crippen LogP contribution in [-0.4, -0.2) is 25.8 Å². The van der Waals surface area contributed by atoms with Gasteiger partial charge in [0.05, 0.1) is 0 Å². The summed E-state index contributed by atoms with van der Waals surface area (Å²) in [4.78, 5) is 15.2. The number of carboxylic acids is 1. The number of aromatic carboxylic acids is 1. The number of carboxylic acid groups (broad SMARTS) is 1. The minimum Gasteiger partial charge on any atom is -0.485 e. The Hall–Kier alpha value is -2.37. The van der Waals surface area contributed by atoms with Crippen LogP contribution in [0.5, 0.6) is 5.75 Å². The van der Waals surface area contributed by atoms with E-state index in [0.29, 0.717) is 18.1 Å². The number of ether oxygens (including phenoxy) is 1. The maximum Gasteiger partial charge on any atom is 0.339 e. The Morgan fingerprint density at radius 3 is 2.95 bits per heavy atom. The van der Waals surface area contributed by atoms with Crippen molar-refractivity contribution in [1.29, 1.82) is 0 Å². The van der Waals surface area contributed by atoms with Crippen molar-refractivity contribution in [2.45, 2.75) is 27.0 Å². The fourth-order valence-electron chi connectivity index (χ4n) is 1.74. The van der Waals surface area contributed by atoms with E-state index in [1.807, 2.05) is 19.9 Å². The van der Waals surface area contributed by atoms with Gasteiger partial charge >= 0.3 is 5.97 Å². The van der Waals surface area contributed by atoms with Gasteiger partial charge in [0.2, 0.25) is 0 Å². The molecule has 0 aliphatic heterocycles. The van der Waals surface area contributed by atoms with Gasteiger partial charge in [-0.05, 0) is 26.0 Å². The van der Waals surface area contributed by atoms with Crippen LogP contribution in [0, 0.1) is 6.92 Å². The molecule has 6 heteroatoms. The number of nitrogens with zero attached hydrogens (tertiary/aromatic N) is 3. The number of hydrogen-bond donors (Lipinski definition) is 1. The Morgan fingerprint density at radius 1 is 1.47 bits per heavy atom. The third kappa shape index (κ3) is 2.90. The molecule has 0 saturated carbocycles. The van der Waals surface area contributed by atoms with E-state index in [0.717, 1.165) is 5.56 Å². The van der Waals surface area contributed by atoms with Crippen LogP contribution in [0.25, 0.3) is 0 Å². The van der Waals surface area contributed by atoms with Crippen LogP contribution in [0.4, 0.5) is 0 Å². The lowest BCUT2D eigenvalue weighted by Crippen LogP contribution is -2.09. The second kappa shape index (κ2) is 5.51. The van der Waals surface area contributed by atoms with E-state index in [-0.39, 0.29) is 12.2 Å². The van der Waals surface area contributed by atoms with E-state index in [9.17, 15) is 4.79 Å². The van der Waals surface area contributed by atoms with Crippen LogP contribution in [-0.2, 0) is 13.2 Å². The summed E-state index contributed by atoms with van der Waals surface area (Å²) in [6, 6.07) is 5.06. The second-order valence-electron chi connectivity index (χ2n) is 4.09. The first-order chi connectivity index (χ1) is 9.11. The highest BCUT2D eigenvalue weighted by Gasteiger charge is 2.12. The van der Waals surface area contributed by atoms with Crippen molar-refractivity contribution in [2.24, 2.45) is 0 Å². The molecule has 0 aliphatic carbocycles. The van der Waals surface area contributed by atoms with Gasteiger partial charge in [-0.1, -0.05) is 11.6 Å². The molecule has 2 aromatic rings. The fourth-order valence-corrected chi connectivity index (χ4v) is 1.74. The minimum atomic E-state index is -1.00. The van der Waals surface area contributed by atoms with Gasteiger partial charge in [-0.15, -0.1) is 0 Å². The van der Waals surface area contributed by atoms with E-state index in [1.165, 1.54) is 6.33 Å². The van der Waals surface area contributed by atoms with Crippen molar-refractivity contribution >= 4 is 5.97 Å². The van der Waals surface area contributed by atoms with Crippen molar-refractivity contribution in [1.82, 2.24) is 14.8 Å². The molecule has 0 aliphatic rings. The number of hydrogen-bond acceptors (Lipinski definition) is 4. The van der Waals surface area contributed by atoms with Crippen LogP contribution < -0.4 is 4.74 Å². The van der Waals surface area contributed by atoms with Gasteiger partial charge in [0, 0.05) is 6.54 Å². The Balaban J connectivity index is 2.18. The normalized spacial score (nSPS) is 10.4. The second-order valence-corrected chi connectivity index (χ2v) is 4.09. The predicted molar refractivity (Wildman–Crippen MR) is 68.2 cm³/mol. The molecule has 0 atom stereocenters. The summed E-state index contributed by atoms with van der Waals surface area (Å²) in [5.74, 6) is -0.00109. The molecule has 19 heavy (non-hydrogen) atoms. The van der Waals surface area contributed by atoms with Gasteiger partial charge in [0.25, 0.3) is 0 Å². The molecule has 0 amide bonds. The quantitative estimate of drug-likeness (QED) is 0.889. The number of aromatic nitrogens is 3. The van der Waals surface area contributed by atoms with Gasteiger partial charge in [-0.3, -0.25) is 0 Å². The molecule has 0 fully saturated rings. The Bertz CT molecular complexity index is 593. The monoisotopic (exact) mass is 261 g/mol. The average molecular weight is 261 g/mol. The molecule has 1 aromatic carbocycles. The zero-order valence-electron chi connectivity index (χ0n) is 10.8. The molecule has 0 bridgehead atoms. The molecular formula is C13H15N3O3. The first kappa shape index (κ1) is 13.1. The van der Waals surface area contributed by atoms with Crippen molar-refractivity contribution in [3.8, 4) is 5.75 Å². The van der Waals surface area contributed by atoms with Crippen molar-refractivity contribution < 1.29 is 14.6 Å². The van der Waals surface area contributed by atoms with Crippen LogP contribution >= 0.6 is 0 Å². The zero-order valence-corrected chi connectivity index (χ0v) is 10.8. The topological polar surface area (TPSA) is 77.2 Å². The van der Waals surface area contributed by atoms with E-state index in [2.05, 4.69) is 10.1 Å². The van der Waals surface area contributed by atoms with Crippen molar-refractivity contribution in [3.05, 3.63) is 41.5 Å². The lowest BCUT2D eigenvalue weighted by Gasteiger charge is -2.09. The largest absolute Gasteiger partial charge is 0.485 e. The molecule has 0 spiro atoms. The van der Waals surface area contributed by atoms with E-state index in [1.54, 1.807) is 16.8 Å². The van der Waals surface area contributed by atoms with Gasteiger partial charge in [-0.25, -0.2) is 14.5 Å². The first-order valence-corrected chi connectivity index (χ1v) is 5.95. The van der Waals surface area contributed by atoms with E-state index in [4.69, 9.17) is 9.84 Å². The molecule has 0 unspecified atom stereocenters. The Kier molecular flexibility index (Phi) is 3.79. The summed E-state index contributed by atoms with van der Waals surface area (Å²) in [6.07, 6.45) is 1.45. The smallest absolute Gasteiger partial charge is 0.339 e. The highest BCUT2D eigenvalue weighted by Crippen LogP contribution is 2.21. The van der Waals surface area contributed by atoms with Gasteiger partial charge in [0.15, 0.2) is 5.82 Å². The van der Waals surface area contributed by atoms with Crippen LogP contribution in [0.15, 0.2) is 24.5 Å². The maximum absolute atomic E-state index is 11.1. The maximum atomic E-state index is 11.1. The summed E-state index contributed by atoms with van der Waals surface area (Å²) in [7, 11) is 0. The molecular weight excluding hydrogens is 246 g/mol. The summed E-state index contributed by atoms with van der Waals surface area (Å²) in [6.45, 7) is 4.67. The lowest BCUT2D eigenvalue weighted by atomic mass is 10.1. The first-order valence-electron chi connectivity index (χ1n) is 5.95. The van der Waals surface area contributed by atoms with Crippen LogP contribution in [0.3, 0.4) is 0 Å². The number of carbonyl (C=O) groups is 1. The number of rotatable bonds is 5. The SMILES string of the molecule is CCn1ncnc1COc1ccc(C)cc1C(=O)O. The summed E-state index contributed by atoms with van der Waals surface area (Å²) in [5.41, 5.74) is 1.03. The molecule has 100 valence electrons. The standard InChI is InChI=1S/C13H15N3O3/c1-3-16-12(14-8-15-16)7-19-11-5-4-9(2)6-10(11)13(17)18/h4-6,8H,3,7H2,1-2H3,(H,17,18). The number of benzene rings is 1. The molecule has 2 rings (SSSR count). The molecule has 1 N–H and O–H groups in total. The third-order valence-corrected chi connectivity index (χ3v) is 2.72. The average Bonchev–Trinajstić information content (AvgIpc) is 2.84. The summed E-state index contributed by atoms with van der Waals surface area (Å²) < 4.78 is 7.24. The third-order valence-electron chi connectivity index (χ3n) is 2.72. The van der Waals surface area contributed by atoms with Crippen molar-refractivity contribution in [3.63, 3.8) is 0 Å². The lowest BCUT2D eigenvalue weighted by molar-refractivity contribution is 0.0691. The zero-order chi connectivity index (χ0) is 13.8. The van der Waals surface area contributed by atoms with Gasteiger partial charge in [0.1, 0.15) is 24.2 Å². The minimum absolute atomic E-state index is 0.155. The Labute approximate surface area is 110 Å². The Morgan fingerprint density at radius 2 is 2.26 bits per heavy atom. The summed E-state index contributed by atoms with van der Waals surface area (Å²) in [5, 5.41) is 13.2. The molecule has 0 radical (unpaired) electrons. The van der Waals surface area contributed by atoms with E-state index < -0.39 is 5.97 Å². The van der Waals surface area contributed by atoms with Crippen molar-refractivity contribution in [2.75, 3.05) is 0 Å².